The molecule has 0 atom stereocenters. The van der Waals surface area contributed by atoms with Crippen molar-refractivity contribution in [3.8, 4) is 0 Å². The van der Waals surface area contributed by atoms with Gasteiger partial charge in [0.2, 0.25) is 0 Å². The third-order valence-corrected chi connectivity index (χ3v) is 3.40. The molecular formula is C13H10Cl2N2O2. The average Bonchev–Trinajstić information content (AvgIpc) is 2.40. The smallest absolute Gasteiger partial charge is 0.354 e. The van der Waals surface area contributed by atoms with Gasteiger partial charge in [0.15, 0.2) is 5.69 Å². The summed E-state index contributed by atoms with van der Waals surface area (Å²) >= 11 is 11.8. The molecule has 1 N–H and O–H groups in total. The van der Waals surface area contributed by atoms with Crippen LogP contribution in [0.3, 0.4) is 0 Å². The van der Waals surface area contributed by atoms with Gasteiger partial charge in [-0.05, 0) is 30.5 Å². The van der Waals surface area contributed by atoms with Crippen LogP contribution in [0.5, 0.6) is 0 Å². The van der Waals surface area contributed by atoms with E-state index in [4.69, 9.17) is 28.3 Å². The van der Waals surface area contributed by atoms with Crippen molar-refractivity contribution < 1.29 is 9.90 Å². The van der Waals surface area contributed by atoms with Gasteiger partial charge in [-0.2, -0.15) is 0 Å². The molecule has 2 rings (SSSR count). The van der Waals surface area contributed by atoms with Crippen molar-refractivity contribution in [2.45, 2.75) is 12.8 Å². The highest BCUT2D eigenvalue weighted by Gasteiger charge is 2.11. The first-order chi connectivity index (χ1) is 9.08. The Kier molecular flexibility index (Phi) is 4.35. The first kappa shape index (κ1) is 13.8. The SMILES string of the molecule is O=C(O)c1ncncc1CCc1ccc(Cl)c(Cl)c1. The van der Waals surface area contributed by atoms with Crippen molar-refractivity contribution in [3.05, 3.63) is 57.6 Å². The van der Waals surface area contributed by atoms with Crippen LogP contribution < -0.4 is 0 Å². The van der Waals surface area contributed by atoms with Crippen LogP contribution in [0.4, 0.5) is 0 Å². The standard InChI is InChI=1S/C13H10Cl2N2O2/c14-10-4-2-8(5-11(10)15)1-3-9-6-16-7-17-12(9)13(18)19/h2,4-7H,1,3H2,(H,18,19). The number of carboxylic acids is 1. The van der Waals surface area contributed by atoms with Gasteiger partial charge in [-0.25, -0.2) is 14.8 Å². The third-order valence-electron chi connectivity index (χ3n) is 2.66. The van der Waals surface area contributed by atoms with Crippen LogP contribution in [0.2, 0.25) is 10.0 Å². The first-order valence-electron chi connectivity index (χ1n) is 5.54. The molecule has 98 valence electrons. The Morgan fingerprint density at radius 1 is 1.21 bits per heavy atom. The number of benzene rings is 1. The number of carbonyl (C=O) groups is 1. The molecular weight excluding hydrogens is 287 g/mol. The maximum Gasteiger partial charge on any atom is 0.354 e. The Morgan fingerprint density at radius 3 is 2.68 bits per heavy atom. The number of aryl methyl sites for hydroxylation is 2. The summed E-state index contributed by atoms with van der Waals surface area (Å²) in [7, 11) is 0. The van der Waals surface area contributed by atoms with E-state index >= 15 is 0 Å². The quantitative estimate of drug-likeness (QED) is 0.940. The molecule has 0 amide bonds. The Morgan fingerprint density at radius 2 is 2.00 bits per heavy atom. The van der Waals surface area contributed by atoms with Crippen molar-refractivity contribution in [3.63, 3.8) is 0 Å². The van der Waals surface area contributed by atoms with Gasteiger partial charge < -0.3 is 5.11 Å². The maximum absolute atomic E-state index is 11.0. The highest BCUT2D eigenvalue weighted by atomic mass is 35.5. The van der Waals surface area contributed by atoms with Gasteiger partial charge in [-0.1, -0.05) is 29.3 Å². The molecule has 0 aliphatic rings. The molecule has 0 unspecified atom stereocenters. The highest BCUT2D eigenvalue weighted by Crippen LogP contribution is 2.23. The largest absolute Gasteiger partial charge is 0.477 e. The lowest BCUT2D eigenvalue weighted by Crippen LogP contribution is -2.07. The van der Waals surface area contributed by atoms with Crippen LogP contribution in [-0.2, 0) is 12.8 Å². The fraction of sp³-hybridized carbons (Fsp3) is 0.154. The molecule has 0 aliphatic heterocycles. The number of hydrogen-bond acceptors (Lipinski definition) is 3. The van der Waals surface area contributed by atoms with Gasteiger partial charge in [-0.3, -0.25) is 0 Å². The third kappa shape index (κ3) is 3.43. The van der Waals surface area contributed by atoms with E-state index in [1.165, 1.54) is 12.5 Å². The molecule has 0 aliphatic carbocycles. The molecule has 1 heterocycles. The van der Waals surface area contributed by atoms with Crippen molar-refractivity contribution in [2.24, 2.45) is 0 Å². The summed E-state index contributed by atoms with van der Waals surface area (Å²) < 4.78 is 0. The minimum absolute atomic E-state index is 0.0371. The molecule has 0 fully saturated rings. The van der Waals surface area contributed by atoms with E-state index in [1.54, 1.807) is 12.1 Å². The topological polar surface area (TPSA) is 63.1 Å². The van der Waals surface area contributed by atoms with Crippen LogP contribution in [-0.4, -0.2) is 21.0 Å². The predicted molar refractivity (Wildman–Crippen MR) is 72.9 cm³/mol. The summed E-state index contributed by atoms with van der Waals surface area (Å²) in [6.45, 7) is 0. The minimum atomic E-state index is -1.05. The number of aromatic carboxylic acids is 1. The normalized spacial score (nSPS) is 10.4. The molecule has 6 heteroatoms. The zero-order chi connectivity index (χ0) is 13.8. The van der Waals surface area contributed by atoms with Crippen molar-refractivity contribution in [2.75, 3.05) is 0 Å². The highest BCUT2D eigenvalue weighted by molar-refractivity contribution is 6.42. The van der Waals surface area contributed by atoms with Gasteiger partial charge in [0.25, 0.3) is 0 Å². The fourth-order valence-electron chi connectivity index (χ4n) is 1.71. The van der Waals surface area contributed by atoms with Crippen LogP contribution in [0.15, 0.2) is 30.7 Å². The number of nitrogens with zero attached hydrogens (tertiary/aromatic N) is 2. The van der Waals surface area contributed by atoms with Gasteiger partial charge in [0.05, 0.1) is 10.0 Å². The summed E-state index contributed by atoms with van der Waals surface area (Å²) in [6.07, 6.45) is 3.92. The van der Waals surface area contributed by atoms with E-state index in [2.05, 4.69) is 9.97 Å². The number of carboxylic acid groups (broad SMARTS) is 1. The molecule has 19 heavy (non-hydrogen) atoms. The second-order valence-corrected chi connectivity index (χ2v) is 4.76. The Hall–Kier alpha value is -1.65. The lowest BCUT2D eigenvalue weighted by molar-refractivity contribution is 0.0689. The number of rotatable bonds is 4. The Labute approximate surface area is 120 Å². The number of hydrogen-bond donors (Lipinski definition) is 1. The van der Waals surface area contributed by atoms with Crippen molar-refractivity contribution in [1.29, 1.82) is 0 Å². The van der Waals surface area contributed by atoms with Gasteiger partial charge >= 0.3 is 5.97 Å². The van der Waals surface area contributed by atoms with Crippen molar-refractivity contribution >= 4 is 29.2 Å². The molecule has 0 saturated carbocycles. The molecule has 0 radical (unpaired) electrons. The fourth-order valence-corrected chi connectivity index (χ4v) is 2.03. The first-order valence-corrected chi connectivity index (χ1v) is 6.29. The Balaban J connectivity index is 2.14. The monoisotopic (exact) mass is 296 g/mol. The zero-order valence-corrected chi connectivity index (χ0v) is 11.3. The maximum atomic E-state index is 11.0. The molecule has 0 bridgehead atoms. The second-order valence-electron chi connectivity index (χ2n) is 3.95. The summed E-state index contributed by atoms with van der Waals surface area (Å²) in [5.74, 6) is -1.05. The lowest BCUT2D eigenvalue weighted by Gasteiger charge is -2.05. The zero-order valence-electron chi connectivity index (χ0n) is 9.81. The van der Waals surface area contributed by atoms with E-state index < -0.39 is 5.97 Å². The van der Waals surface area contributed by atoms with E-state index in [1.807, 2.05) is 6.07 Å². The summed E-state index contributed by atoms with van der Waals surface area (Å²) in [5, 5.41) is 10.0. The van der Waals surface area contributed by atoms with E-state index in [0.717, 1.165) is 5.56 Å². The number of aromatic nitrogens is 2. The summed E-state index contributed by atoms with van der Waals surface area (Å²) in [4.78, 5) is 18.6. The Bertz CT molecular complexity index is 617. The minimum Gasteiger partial charge on any atom is -0.477 e. The predicted octanol–water partition coefficient (Wildman–Crippen LogP) is 3.27. The van der Waals surface area contributed by atoms with Gasteiger partial charge in [0.1, 0.15) is 6.33 Å². The molecule has 2 aromatic rings. The lowest BCUT2D eigenvalue weighted by atomic mass is 10.0. The van der Waals surface area contributed by atoms with Crippen LogP contribution in [0.1, 0.15) is 21.6 Å². The molecule has 0 saturated heterocycles. The van der Waals surface area contributed by atoms with Crippen LogP contribution in [0.25, 0.3) is 0 Å². The summed E-state index contributed by atoms with van der Waals surface area (Å²) in [6, 6.07) is 5.35. The van der Waals surface area contributed by atoms with Gasteiger partial charge in [0, 0.05) is 11.8 Å². The van der Waals surface area contributed by atoms with E-state index in [0.29, 0.717) is 28.5 Å². The molecule has 4 nitrogen and oxygen atoms in total. The van der Waals surface area contributed by atoms with E-state index in [-0.39, 0.29) is 5.69 Å². The summed E-state index contributed by atoms with van der Waals surface area (Å²) in [5.41, 5.74) is 1.62. The molecule has 1 aromatic carbocycles. The second kappa shape index (κ2) is 5.99. The number of halogens is 2. The molecule has 1 aromatic heterocycles. The van der Waals surface area contributed by atoms with Crippen LogP contribution >= 0.6 is 23.2 Å². The van der Waals surface area contributed by atoms with Crippen molar-refractivity contribution in [1.82, 2.24) is 9.97 Å². The van der Waals surface area contributed by atoms with E-state index in [9.17, 15) is 4.79 Å². The van der Waals surface area contributed by atoms with Crippen LogP contribution in [0, 0.1) is 0 Å². The average molecular weight is 297 g/mol. The molecule has 0 spiro atoms. The van der Waals surface area contributed by atoms with Gasteiger partial charge in [-0.15, -0.1) is 0 Å².